The summed E-state index contributed by atoms with van der Waals surface area (Å²) in [4.78, 5) is 26.2. The molecule has 3 aliphatic heterocycles. The van der Waals surface area contributed by atoms with Crippen molar-refractivity contribution in [2.24, 2.45) is 0 Å². The second kappa shape index (κ2) is 13.5. The van der Waals surface area contributed by atoms with Crippen LogP contribution in [0.5, 0.6) is 5.75 Å². The van der Waals surface area contributed by atoms with E-state index in [1.165, 1.54) is 11.1 Å². The van der Waals surface area contributed by atoms with Crippen LogP contribution in [0.15, 0.2) is 60.9 Å². The zero-order chi connectivity index (χ0) is 26.9. The minimum absolute atomic E-state index is 0.142. The van der Waals surface area contributed by atoms with Crippen molar-refractivity contribution in [1.82, 2.24) is 25.1 Å². The van der Waals surface area contributed by atoms with Crippen LogP contribution >= 0.6 is 0 Å². The number of amides is 1. The Morgan fingerprint density at radius 1 is 0.949 bits per heavy atom. The first kappa shape index (κ1) is 27.1. The van der Waals surface area contributed by atoms with Crippen LogP contribution in [-0.2, 0) is 17.8 Å². The molecule has 0 unspecified atom stereocenters. The third-order valence-corrected chi connectivity index (χ3v) is 7.64. The van der Waals surface area contributed by atoms with E-state index in [2.05, 4.69) is 61.7 Å². The molecule has 8 heteroatoms. The van der Waals surface area contributed by atoms with Crippen molar-refractivity contribution in [2.45, 2.75) is 51.1 Å². The van der Waals surface area contributed by atoms with Crippen LogP contribution in [-0.4, -0.2) is 71.6 Å². The topological polar surface area (TPSA) is 82.6 Å². The third kappa shape index (κ3) is 8.25. The van der Waals surface area contributed by atoms with Gasteiger partial charge in [0.05, 0.1) is 12.3 Å². The Labute approximate surface area is 231 Å². The number of hydrogen-bond acceptors (Lipinski definition) is 7. The number of benzene rings is 2. The van der Waals surface area contributed by atoms with Crippen LogP contribution in [0.4, 0.5) is 11.5 Å². The lowest BCUT2D eigenvalue weighted by Gasteiger charge is -2.36. The molecule has 0 radical (unpaired) electrons. The SMILES string of the molecule is CN1Cc2cccc(c2)Cc2cc(ncn2)Nc2cccc(c2)OCCCCNC(=O)CCN2CCC1CC2. The van der Waals surface area contributed by atoms with Crippen molar-refractivity contribution >= 4 is 17.4 Å². The minimum atomic E-state index is 0.142. The molecule has 8 bridgehead atoms. The third-order valence-electron chi connectivity index (χ3n) is 7.64. The maximum absolute atomic E-state index is 12.3. The summed E-state index contributed by atoms with van der Waals surface area (Å²) in [5.41, 5.74) is 4.46. The first-order chi connectivity index (χ1) is 19.1. The fraction of sp³-hybridized carbons (Fsp3) is 0.452. The van der Waals surface area contributed by atoms with Gasteiger partial charge in [-0.05, 0) is 69.1 Å². The fourth-order valence-electron chi connectivity index (χ4n) is 5.41. The fourth-order valence-corrected chi connectivity index (χ4v) is 5.41. The van der Waals surface area contributed by atoms with Crippen molar-refractivity contribution in [1.29, 1.82) is 0 Å². The van der Waals surface area contributed by atoms with Gasteiger partial charge in [-0.25, -0.2) is 9.97 Å². The monoisotopic (exact) mass is 528 g/mol. The molecule has 39 heavy (non-hydrogen) atoms. The van der Waals surface area contributed by atoms with Gasteiger partial charge in [-0.2, -0.15) is 0 Å². The zero-order valence-corrected chi connectivity index (χ0v) is 22.9. The standard InChI is InChI=1S/C31H40N6O2/c1-36-22-25-7-4-6-24(18-25)19-27-21-30(34-23-33-27)35-26-8-5-9-29(20-26)39-17-3-2-13-32-31(38)12-16-37-14-10-28(36)11-15-37/h4-9,18,20-21,23,28H,2-3,10-17,19,22H2,1H3,(H,32,38)(H,33,34,35). The Morgan fingerprint density at radius 2 is 1.79 bits per heavy atom. The highest BCUT2D eigenvalue weighted by Crippen LogP contribution is 2.22. The number of nitrogens with one attached hydrogen (secondary N) is 2. The van der Waals surface area contributed by atoms with Crippen LogP contribution in [0.25, 0.3) is 0 Å². The summed E-state index contributed by atoms with van der Waals surface area (Å²) in [6, 6.07) is 19.3. The lowest BCUT2D eigenvalue weighted by molar-refractivity contribution is -0.121. The molecule has 1 amide bonds. The van der Waals surface area contributed by atoms with E-state index in [0.717, 1.165) is 81.2 Å². The number of carbonyl (C=O) groups excluding carboxylic acids is 1. The highest BCUT2D eigenvalue weighted by atomic mass is 16.5. The summed E-state index contributed by atoms with van der Waals surface area (Å²) in [6.07, 6.45) is 6.99. The zero-order valence-electron chi connectivity index (χ0n) is 22.9. The number of ether oxygens (including phenoxy) is 1. The van der Waals surface area contributed by atoms with E-state index in [1.807, 2.05) is 30.3 Å². The Balaban J connectivity index is 1.29. The number of carbonyl (C=O) groups is 1. The molecule has 2 N–H and O–H groups in total. The van der Waals surface area contributed by atoms with Gasteiger partial charge in [0.25, 0.3) is 0 Å². The molecule has 0 saturated carbocycles. The Bertz CT molecular complexity index is 1230. The number of anilines is 2. The minimum Gasteiger partial charge on any atom is -0.494 e. The normalized spacial score (nSPS) is 21.8. The first-order valence-corrected chi connectivity index (χ1v) is 14.2. The van der Waals surface area contributed by atoms with Crippen LogP contribution in [0.3, 0.4) is 0 Å². The molecular weight excluding hydrogens is 488 g/mol. The summed E-state index contributed by atoms with van der Waals surface area (Å²) in [5, 5.41) is 6.46. The average Bonchev–Trinajstić information content (AvgIpc) is 2.94. The number of fused-ring (bicyclic) bond motifs is 11. The summed E-state index contributed by atoms with van der Waals surface area (Å²) in [5.74, 6) is 1.71. The van der Waals surface area contributed by atoms with Gasteiger partial charge in [0, 0.05) is 56.3 Å². The maximum atomic E-state index is 12.3. The van der Waals surface area contributed by atoms with Crippen molar-refractivity contribution in [3.63, 3.8) is 0 Å². The van der Waals surface area contributed by atoms with Crippen LogP contribution in [0, 0.1) is 0 Å². The van der Waals surface area contributed by atoms with Crippen molar-refractivity contribution in [2.75, 3.05) is 45.2 Å². The molecule has 0 aliphatic carbocycles. The predicted molar refractivity (Wildman–Crippen MR) is 154 cm³/mol. The van der Waals surface area contributed by atoms with E-state index in [0.29, 0.717) is 25.6 Å². The number of piperidine rings is 1. The van der Waals surface area contributed by atoms with Crippen LogP contribution in [0.2, 0.25) is 0 Å². The van der Waals surface area contributed by atoms with Gasteiger partial charge in [0.15, 0.2) is 0 Å². The Morgan fingerprint density at radius 3 is 2.69 bits per heavy atom. The smallest absolute Gasteiger partial charge is 0.221 e. The van der Waals surface area contributed by atoms with Gasteiger partial charge in [-0.3, -0.25) is 9.69 Å². The molecule has 2 aromatic carbocycles. The van der Waals surface area contributed by atoms with Crippen LogP contribution < -0.4 is 15.4 Å². The highest BCUT2D eigenvalue weighted by molar-refractivity contribution is 5.76. The van der Waals surface area contributed by atoms with E-state index in [4.69, 9.17) is 4.74 Å². The molecule has 3 aromatic rings. The van der Waals surface area contributed by atoms with Crippen molar-refractivity contribution in [3.05, 3.63) is 77.7 Å². The van der Waals surface area contributed by atoms with E-state index in [9.17, 15) is 4.79 Å². The molecule has 0 spiro atoms. The van der Waals surface area contributed by atoms with Gasteiger partial charge < -0.3 is 20.3 Å². The summed E-state index contributed by atoms with van der Waals surface area (Å²) < 4.78 is 5.96. The van der Waals surface area contributed by atoms with E-state index < -0.39 is 0 Å². The average molecular weight is 529 g/mol. The quantitative estimate of drug-likeness (QED) is 0.448. The molecule has 1 saturated heterocycles. The second-order valence-corrected chi connectivity index (χ2v) is 10.7. The largest absolute Gasteiger partial charge is 0.494 e. The van der Waals surface area contributed by atoms with Gasteiger partial charge >= 0.3 is 0 Å². The highest BCUT2D eigenvalue weighted by Gasteiger charge is 2.23. The van der Waals surface area contributed by atoms with Crippen molar-refractivity contribution in [3.8, 4) is 5.75 Å². The van der Waals surface area contributed by atoms with Gasteiger partial charge in [0.1, 0.15) is 17.9 Å². The van der Waals surface area contributed by atoms with Crippen LogP contribution in [0.1, 0.15) is 48.9 Å². The van der Waals surface area contributed by atoms with E-state index >= 15 is 0 Å². The lowest BCUT2D eigenvalue weighted by Crippen LogP contribution is -2.44. The number of nitrogens with zero attached hydrogens (tertiary/aromatic N) is 4. The van der Waals surface area contributed by atoms with E-state index in [1.54, 1.807) is 6.33 Å². The van der Waals surface area contributed by atoms with E-state index in [-0.39, 0.29) is 5.91 Å². The summed E-state index contributed by atoms with van der Waals surface area (Å²) in [6.45, 7) is 5.15. The Kier molecular flexibility index (Phi) is 9.40. The van der Waals surface area contributed by atoms with Gasteiger partial charge in [-0.1, -0.05) is 30.3 Å². The molecule has 1 aromatic heterocycles. The lowest BCUT2D eigenvalue weighted by atomic mass is 10.0. The molecule has 0 atom stereocenters. The predicted octanol–water partition coefficient (Wildman–Crippen LogP) is 4.39. The molecule has 1 fully saturated rings. The first-order valence-electron chi connectivity index (χ1n) is 14.2. The summed E-state index contributed by atoms with van der Waals surface area (Å²) >= 11 is 0. The molecule has 6 rings (SSSR count). The molecule has 8 nitrogen and oxygen atoms in total. The second-order valence-electron chi connectivity index (χ2n) is 10.7. The maximum Gasteiger partial charge on any atom is 0.221 e. The number of hydrogen-bond donors (Lipinski definition) is 2. The number of rotatable bonds is 0. The Hall–Kier alpha value is -3.49. The molecule has 3 aliphatic rings. The molecule has 4 heterocycles. The molecular formula is C31H40N6O2. The molecule has 206 valence electrons. The van der Waals surface area contributed by atoms with Gasteiger partial charge in [0.2, 0.25) is 5.91 Å². The number of aromatic nitrogens is 2. The summed E-state index contributed by atoms with van der Waals surface area (Å²) in [7, 11) is 2.23. The van der Waals surface area contributed by atoms with Crippen molar-refractivity contribution < 1.29 is 9.53 Å². The van der Waals surface area contributed by atoms with Gasteiger partial charge in [-0.15, -0.1) is 0 Å².